The molecular formula is C10H10O6. The third-order valence-electron chi connectivity index (χ3n) is 1.75. The molecule has 0 heterocycles. The number of methoxy groups -OCH3 is 2. The van der Waals surface area contributed by atoms with E-state index in [9.17, 15) is 14.7 Å². The largest absolute Gasteiger partial charge is 0.513 e. The molecule has 0 spiro atoms. The number of esters is 1. The lowest BCUT2D eigenvalue weighted by Gasteiger charge is -2.08. The highest BCUT2D eigenvalue weighted by Crippen LogP contribution is 2.30. The summed E-state index contributed by atoms with van der Waals surface area (Å²) in [4.78, 5) is 22.2. The van der Waals surface area contributed by atoms with Crippen LogP contribution < -0.4 is 4.74 Å². The second kappa shape index (κ2) is 5.01. The first-order valence-electron chi connectivity index (χ1n) is 4.26. The van der Waals surface area contributed by atoms with Gasteiger partial charge in [0, 0.05) is 0 Å². The van der Waals surface area contributed by atoms with Crippen LogP contribution in [0.2, 0.25) is 0 Å². The number of aromatic hydroxyl groups is 1. The molecule has 0 amide bonds. The van der Waals surface area contributed by atoms with Gasteiger partial charge in [0.15, 0.2) is 11.5 Å². The molecule has 0 aliphatic carbocycles. The van der Waals surface area contributed by atoms with E-state index in [0.29, 0.717) is 0 Å². The van der Waals surface area contributed by atoms with Crippen molar-refractivity contribution in [2.24, 2.45) is 0 Å². The normalized spacial score (nSPS) is 9.38. The van der Waals surface area contributed by atoms with E-state index in [-0.39, 0.29) is 17.1 Å². The number of phenolic OH excluding ortho intramolecular Hbond substituents is 1. The fourth-order valence-electron chi connectivity index (χ4n) is 1.03. The molecule has 1 aromatic rings. The number of rotatable bonds is 2. The minimum Gasteiger partial charge on any atom is -0.504 e. The number of phenols is 1. The van der Waals surface area contributed by atoms with Crippen molar-refractivity contribution in [2.75, 3.05) is 14.2 Å². The van der Waals surface area contributed by atoms with E-state index in [0.717, 1.165) is 7.11 Å². The van der Waals surface area contributed by atoms with Gasteiger partial charge in [0.1, 0.15) is 5.56 Å². The van der Waals surface area contributed by atoms with Crippen molar-refractivity contribution in [3.05, 3.63) is 23.8 Å². The Hall–Kier alpha value is -2.24. The zero-order valence-electron chi connectivity index (χ0n) is 8.72. The zero-order valence-corrected chi connectivity index (χ0v) is 8.72. The molecule has 0 aliphatic rings. The van der Waals surface area contributed by atoms with E-state index in [1.807, 2.05) is 0 Å². The van der Waals surface area contributed by atoms with E-state index in [4.69, 9.17) is 0 Å². The van der Waals surface area contributed by atoms with Gasteiger partial charge in [0.05, 0.1) is 14.2 Å². The summed E-state index contributed by atoms with van der Waals surface area (Å²) in [5.74, 6) is -1.37. The van der Waals surface area contributed by atoms with Crippen molar-refractivity contribution in [3.63, 3.8) is 0 Å². The van der Waals surface area contributed by atoms with E-state index in [1.165, 1.54) is 25.3 Å². The Balaban J connectivity index is 3.13. The van der Waals surface area contributed by atoms with Gasteiger partial charge in [0.25, 0.3) is 0 Å². The molecule has 1 N–H and O–H groups in total. The summed E-state index contributed by atoms with van der Waals surface area (Å²) in [6, 6.07) is 4.04. The van der Waals surface area contributed by atoms with Crippen LogP contribution in [0.1, 0.15) is 10.4 Å². The highest BCUT2D eigenvalue weighted by Gasteiger charge is 2.19. The van der Waals surface area contributed by atoms with Crippen LogP contribution in [0.3, 0.4) is 0 Å². The number of hydrogen-bond donors (Lipinski definition) is 1. The number of carbonyl (C=O) groups is 2. The van der Waals surface area contributed by atoms with Crippen LogP contribution in [-0.2, 0) is 9.47 Å². The third kappa shape index (κ3) is 2.41. The molecule has 0 radical (unpaired) electrons. The summed E-state index contributed by atoms with van der Waals surface area (Å²) >= 11 is 0. The maximum atomic E-state index is 11.3. The molecule has 0 aromatic heterocycles. The monoisotopic (exact) mass is 226 g/mol. The van der Waals surface area contributed by atoms with Gasteiger partial charge in [-0.05, 0) is 12.1 Å². The molecule has 0 unspecified atom stereocenters. The summed E-state index contributed by atoms with van der Waals surface area (Å²) in [5.41, 5.74) is -0.0621. The smallest absolute Gasteiger partial charge is 0.504 e. The molecule has 0 aliphatic heterocycles. The lowest BCUT2D eigenvalue weighted by atomic mass is 10.2. The third-order valence-corrected chi connectivity index (χ3v) is 1.75. The predicted molar refractivity (Wildman–Crippen MR) is 52.5 cm³/mol. The van der Waals surface area contributed by atoms with E-state index in [1.54, 1.807) is 0 Å². The first-order chi connectivity index (χ1) is 7.60. The van der Waals surface area contributed by atoms with Crippen LogP contribution in [0, 0.1) is 0 Å². The SMILES string of the molecule is COC(=O)Oc1c(O)cccc1C(=O)OC. The lowest BCUT2D eigenvalue weighted by molar-refractivity contribution is 0.0595. The van der Waals surface area contributed by atoms with Gasteiger partial charge in [-0.2, -0.15) is 0 Å². The van der Waals surface area contributed by atoms with Crippen LogP contribution in [0.4, 0.5) is 4.79 Å². The van der Waals surface area contributed by atoms with E-state index < -0.39 is 12.1 Å². The summed E-state index contributed by atoms with van der Waals surface area (Å²) in [5, 5.41) is 9.44. The molecule has 6 heteroatoms. The molecule has 6 nitrogen and oxygen atoms in total. The lowest BCUT2D eigenvalue weighted by Crippen LogP contribution is -2.11. The summed E-state index contributed by atoms with van der Waals surface area (Å²) in [6.07, 6.45) is -1.04. The molecule has 0 atom stereocenters. The second-order valence-corrected chi connectivity index (χ2v) is 2.70. The van der Waals surface area contributed by atoms with Crippen molar-refractivity contribution in [3.8, 4) is 11.5 Å². The number of carbonyl (C=O) groups excluding carboxylic acids is 2. The van der Waals surface area contributed by atoms with Crippen LogP contribution in [0.15, 0.2) is 18.2 Å². The van der Waals surface area contributed by atoms with Gasteiger partial charge in [-0.1, -0.05) is 6.07 Å². The van der Waals surface area contributed by atoms with Crippen LogP contribution in [0.5, 0.6) is 11.5 Å². The average Bonchev–Trinajstić information content (AvgIpc) is 2.30. The molecule has 86 valence electrons. The van der Waals surface area contributed by atoms with Gasteiger partial charge < -0.3 is 19.3 Å². The van der Waals surface area contributed by atoms with Gasteiger partial charge in [-0.25, -0.2) is 9.59 Å². The summed E-state index contributed by atoms with van der Waals surface area (Å²) in [6.45, 7) is 0. The van der Waals surface area contributed by atoms with E-state index in [2.05, 4.69) is 14.2 Å². The molecule has 0 bridgehead atoms. The standard InChI is InChI=1S/C10H10O6/c1-14-9(12)6-4-3-5-7(11)8(6)16-10(13)15-2/h3-5,11H,1-2H3. The Labute approximate surface area is 91.3 Å². The molecule has 1 rings (SSSR count). The van der Waals surface area contributed by atoms with Gasteiger partial charge in [-0.15, -0.1) is 0 Å². The van der Waals surface area contributed by atoms with Gasteiger partial charge in [0.2, 0.25) is 0 Å². The molecule has 16 heavy (non-hydrogen) atoms. The Kier molecular flexibility index (Phi) is 3.71. The van der Waals surface area contributed by atoms with Crippen molar-refractivity contribution in [1.29, 1.82) is 0 Å². The second-order valence-electron chi connectivity index (χ2n) is 2.70. The molecule has 1 aromatic carbocycles. The van der Waals surface area contributed by atoms with Crippen LogP contribution in [-0.4, -0.2) is 31.5 Å². The minimum absolute atomic E-state index is 0.0621. The first-order valence-corrected chi connectivity index (χ1v) is 4.26. The number of hydrogen-bond acceptors (Lipinski definition) is 6. The first kappa shape index (κ1) is 11.8. The van der Waals surface area contributed by atoms with Crippen molar-refractivity contribution in [2.45, 2.75) is 0 Å². The minimum atomic E-state index is -1.04. The molecule has 0 fully saturated rings. The summed E-state index contributed by atoms with van der Waals surface area (Å²) in [7, 11) is 2.29. The van der Waals surface area contributed by atoms with E-state index >= 15 is 0 Å². The van der Waals surface area contributed by atoms with Crippen molar-refractivity contribution < 1.29 is 28.9 Å². The Morgan fingerprint density at radius 1 is 1.19 bits per heavy atom. The molecular weight excluding hydrogens is 216 g/mol. The maximum Gasteiger partial charge on any atom is 0.513 e. The number of benzene rings is 1. The average molecular weight is 226 g/mol. The zero-order chi connectivity index (χ0) is 12.1. The fourth-order valence-corrected chi connectivity index (χ4v) is 1.03. The van der Waals surface area contributed by atoms with Crippen molar-refractivity contribution >= 4 is 12.1 Å². The topological polar surface area (TPSA) is 82.1 Å². The quantitative estimate of drug-likeness (QED) is 0.605. The Bertz CT molecular complexity index is 412. The molecule has 0 saturated heterocycles. The maximum absolute atomic E-state index is 11.3. The highest BCUT2D eigenvalue weighted by atomic mass is 16.7. The van der Waals surface area contributed by atoms with Gasteiger partial charge in [-0.3, -0.25) is 0 Å². The van der Waals surface area contributed by atoms with Gasteiger partial charge >= 0.3 is 12.1 Å². The Morgan fingerprint density at radius 3 is 2.44 bits per heavy atom. The Morgan fingerprint density at radius 2 is 1.88 bits per heavy atom. The number of ether oxygens (including phenoxy) is 3. The molecule has 0 saturated carbocycles. The number of para-hydroxylation sites is 1. The summed E-state index contributed by atoms with van der Waals surface area (Å²) < 4.78 is 13.4. The van der Waals surface area contributed by atoms with Crippen LogP contribution in [0.25, 0.3) is 0 Å². The van der Waals surface area contributed by atoms with Crippen molar-refractivity contribution in [1.82, 2.24) is 0 Å². The highest BCUT2D eigenvalue weighted by molar-refractivity contribution is 5.94. The predicted octanol–water partition coefficient (Wildman–Crippen LogP) is 1.32. The fraction of sp³-hybridized carbons (Fsp3) is 0.200. The van der Waals surface area contributed by atoms with Crippen LogP contribution >= 0.6 is 0 Å².